The lowest BCUT2D eigenvalue weighted by Gasteiger charge is -2.02. The summed E-state index contributed by atoms with van der Waals surface area (Å²) in [6.45, 7) is 2.31. The van der Waals surface area contributed by atoms with E-state index in [1.807, 2.05) is 0 Å². The summed E-state index contributed by atoms with van der Waals surface area (Å²) in [4.78, 5) is 0. The minimum Gasteiger partial charge on any atom is -0.264 e. The Hall–Kier alpha value is -0.130. The zero-order valence-electron chi connectivity index (χ0n) is 10.9. The summed E-state index contributed by atoms with van der Waals surface area (Å²) in [5, 5.41) is 0. The molecule has 0 aromatic rings. The lowest BCUT2D eigenvalue weighted by molar-refractivity contribution is 0.261. The topological polar surface area (TPSA) is 63.6 Å². The Morgan fingerprint density at radius 3 is 1.65 bits per heavy atom. The van der Waals surface area contributed by atoms with Crippen LogP contribution in [0.1, 0.15) is 71.1 Å². The van der Waals surface area contributed by atoms with Gasteiger partial charge in [0.05, 0.1) is 6.61 Å². The largest absolute Gasteiger partial charge is 0.397 e. The molecule has 0 unspecified atom stereocenters. The molecule has 0 spiro atoms. The molecule has 0 heterocycles. The molecule has 5 heteroatoms. The molecule has 1 N–H and O–H groups in total. The maximum Gasteiger partial charge on any atom is 0.397 e. The first-order valence-corrected chi connectivity index (χ1v) is 8.04. The van der Waals surface area contributed by atoms with E-state index in [9.17, 15) is 8.42 Å². The van der Waals surface area contributed by atoms with Crippen LogP contribution in [-0.4, -0.2) is 19.6 Å². The van der Waals surface area contributed by atoms with Gasteiger partial charge in [0.1, 0.15) is 0 Å². The predicted octanol–water partition coefficient (Wildman–Crippen LogP) is 3.73. The van der Waals surface area contributed by atoms with Crippen LogP contribution in [-0.2, 0) is 14.6 Å². The predicted molar refractivity (Wildman–Crippen MR) is 69.3 cm³/mol. The van der Waals surface area contributed by atoms with Gasteiger partial charge in [0.15, 0.2) is 0 Å². The lowest BCUT2D eigenvalue weighted by atomic mass is 10.1. The van der Waals surface area contributed by atoms with Gasteiger partial charge in [-0.05, 0) is 6.42 Å². The van der Waals surface area contributed by atoms with Crippen molar-refractivity contribution in [2.24, 2.45) is 0 Å². The van der Waals surface area contributed by atoms with Crippen molar-refractivity contribution in [2.75, 3.05) is 6.61 Å². The highest BCUT2D eigenvalue weighted by Crippen LogP contribution is 2.10. The lowest BCUT2D eigenvalue weighted by Crippen LogP contribution is -2.04. The quantitative estimate of drug-likeness (QED) is 0.433. The van der Waals surface area contributed by atoms with Crippen LogP contribution in [0.15, 0.2) is 0 Å². The molecule has 0 aromatic carbocycles. The average Bonchev–Trinajstić information content (AvgIpc) is 2.24. The Morgan fingerprint density at radius 2 is 1.24 bits per heavy atom. The van der Waals surface area contributed by atoms with Crippen LogP contribution in [0.2, 0.25) is 0 Å². The highest BCUT2D eigenvalue weighted by Gasteiger charge is 2.02. The van der Waals surface area contributed by atoms with E-state index in [4.69, 9.17) is 4.55 Å². The standard InChI is InChI=1S/C12H26O4S/c1-2-3-4-5-6-7-8-9-10-11-12-16-17(13,14)15/h2-12H2,1H3,(H,13,14,15)/i17+3. The Morgan fingerprint density at radius 1 is 0.824 bits per heavy atom. The van der Waals surface area contributed by atoms with Gasteiger partial charge in [0, 0.05) is 0 Å². The van der Waals surface area contributed by atoms with Crippen molar-refractivity contribution in [1.82, 2.24) is 0 Å². The molecule has 0 radical (unpaired) electrons. The van der Waals surface area contributed by atoms with E-state index in [1.165, 1.54) is 44.9 Å². The Bertz CT molecular complexity index is 249. The summed E-state index contributed by atoms with van der Waals surface area (Å²) in [7, 11) is -4.23. The monoisotopic (exact) mass is 269 g/mol. The molecule has 0 aromatic heterocycles. The van der Waals surface area contributed by atoms with Crippen LogP contribution in [0.3, 0.4) is 0 Å². The molecule has 17 heavy (non-hydrogen) atoms. The van der Waals surface area contributed by atoms with Gasteiger partial charge in [-0.1, -0.05) is 64.7 Å². The van der Waals surface area contributed by atoms with Crippen molar-refractivity contribution in [3.63, 3.8) is 0 Å². The van der Waals surface area contributed by atoms with Gasteiger partial charge in [0.25, 0.3) is 0 Å². The second kappa shape index (κ2) is 11.0. The maximum absolute atomic E-state index is 10.2. The van der Waals surface area contributed by atoms with Gasteiger partial charge in [-0.2, -0.15) is 8.42 Å². The van der Waals surface area contributed by atoms with Crippen LogP contribution in [0.25, 0.3) is 0 Å². The minimum atomic E-state index is -4.23. The summed E-state index contributed by atoms with van der Waals surface area (Å²) in [6.07, 6.45) is 11.9. The third-order valence-corrected chi connectivity index (χ3v) is 3.19. The van der Waals surface area contributed by atoms with Crippen LogP contribution >= 0.6 is 0 Å². The van der Waals surface area contributed by atoms with Crippen molar-refractivity contribution in [2.45, 2.75) is 71.1 Å². The number of hydrogen-bond donors (Lipinski definition) is 1. The van der Waals surface area contributed by atoms with Crippen molar-refractivity contribution >= 4 is 10.4 Å². The molecule has 0 saturated heterocycles. The molecule has 104 valence electrons. The highest BCUT2D eigenvalue weighted by atomic mass is 35.1. The zero-order chi connectivity index (χ0) is 13.0. The van der Waals surface area contributed by atoms with Gasteiger partial charge in [0.2, 0.25) is 0 Å². The van der Waals surface area contributed by atoms with Gasteiger partial charge in [-0.3, -0.25) is 4.55 Å². The van der Waals surface area contributed by atoms with Gasteiger partial charge in [-0.25, -0.2) is 4.18 Å². The first-order valence-electron chi connectivity index (χ1n) is 6.68. The summed E-state index contributed by atoms with van der Waals surface area (Å²) in [6, 6.07) is 0. The van der Waals surface area contributed by atoms with Crippen molar-refractivity contribution < 1.29 is 17.2 Å². The maximum atomic E-state index is 10.2. The Kier molecular flexibility index (Phi) is 10.9. The first kappa shape index (κ1) is 16.9. The van der Waals surface area contributed by atoms with E-state index in [0.717, 1.165) is 12.8 Å². The number of rotatable bonds is 12. The molecule has 4 nitrogen and oxygen atoms in total. The van der Waals surface area contributed by atoms with Crippen LogP contribution < -0.4 is 0 Å². The van der Waals surface area contributed by atoms with Gasteiger partial charge >= 0.3 is 10.4 Å². The fourth-order valence-corrected chi connectivity index (χ4v) is 2.08. The van der Waals surface area contributed by atoms with Crippen molar-refractivity contribution in [3.8, 4) is 0 Å². The van der Waals surface area contributed by atoms with E-state index >= 15 is 0 Å². The molecule has 0 saturated carbocycles. The molecule has 0 rings (SSSR count). The molecule has 0 amide bonds. The first-order chi connectivity index (χ1) is 8.06. The molecule has 0 aliphatic rings. The Labute approximate surface area is 106 Å². The third-order valence-electron chi connectivity index (χ3n) is 2.73. The van der Waals surface area contributed by atoms with E-state index in [0.29, 0.717) is 6.42 Å². The fourth-order valence-electron chi connectivity index (χ4n) is 1.75. The average molecular weight is 269 g/mol. The molecule has 0 bridgehead atoms. The molecule has 0 fully saturated rings. The number of hydrogen-bond acceptors (Lipinski definition) is 3. The van der Waals surface area contributed by atoms with Crippen molar-refractivity contribution in [1.29, 1.82) is 0 Å². The van der Waals surface area contributed by atoms with Crippen LogP contribution in [0, 0.1) is 0 Å². The zero-order valence-corrected chi connectivity index (χ0v) is 11.7. The van der Waals surface area contributed by atoms with Crippen LogP contribution in [0.5, 0.6) is 0 Å². The summed E-state index contributed by atoms with van der Waals surface area (Å²) >= 11 is 0. The number of unbranched alkanes of at least 4 members (excludes halogenated alkanes) is 9. The SMILES string of the molecule is CCCCCCCCCCCCO[35S](=O)(=O)O. The summed E-state index contributed by atoms with van der Waals surface area (Å²) in [5.41, 5.74) is 0. The van der Waals surface area contributed by atoms with Gasteiger partial charge in [-0.15, -0.1) is 0 Å². The van der Waals surface area contributed by atoms with Gasteiger partial charge < -0.3 is 0 Å². The molecular formula is C12H26O4S. The van der Waals surface area contributed by atoms with Crippen molar-refractivity contribution in [3.05, 3.63) is 0 Å². The molecule has 0 aliphatic heterocycles. The Balaban J connectivity index is 3.04. The summed E-state index contributed by atoms with van der Waals surface area (Å²) < 4.78 is 33.0. The second-order valence-corrected chi connectivity index (χ2v) is 5.52. The summed E-state index contributed by atoms with van der Waals surface area (Å²) in [5.74, 6) is 0. The highest BCUT2D eigenvalue weighted by molar-refractivity contribution is 7.80. The smallest absolute Gasteiger partial charge is 0.264 e. The van der Waals surface area contributed by atoms with E-state index in [1.54, 1.807) is 0 Å². The minimum absolute atomic E-state index is 0.0926. The van der Waals surface area contributed by atoms with E-state index in [2.05, 4.69) is 11.1 Å². The molecule has 0 atom stereocenters. The fraction of sp³-hybridized carbons (Fsp3) is 1.00. The molecule has 0 aliphatic carbocycles. The molecular weight excluding hydrogens is 243 g/mol. The third kappa shape index (κ3) is 15.9. The second-order valence-electron chi connectivity index (χ2n) is 4.43. The van der Waals surface area contributed by atoms with Crippen LogP contribution in [0.4, 0.5) is 0 Å². The van der Waals surface area contributed by atoms with E-state index < -0.39 is 10.4 Å². The normalized spacial score (nSPS) is 11.9. The van der Waals surface area contributed by atoms with E-state index in [-0.39, 0.29) is 6.61 Å².